The summed E-state index contributed by atoms with van der Waals surface area (Å²) in [6.45, 7) is 2.08. The van der Waals surface area contributed by atoms with Crippen LogP contribution >= 0.6 is 0 Å². The molecule has 4 nitrogen and oxygen atoms in total. The highest BCUT2D eigenvalue weighted by Crippen LogP contribution is 2.38. The van der Waals surface area contributed by atoms with Gasteiger partial charge in [0.05, 0.1) is 0 Å². The fourth-order valence-electron chi connectivity index (χ4n) is 4.99. The van der Waals surface area contributed by atoms with Crippen molar-refractivity contribution in [2.24, 2.45) is 0 Å². The lowest BCUT2D eigenvalue weighted by Crippen LogP contribution is -2.00. The molecule has 5 aromatic carbocycles. The van der Waals surface area contributed by atoms with Gasteiger partial charge in [-0.15, -0.1) is 0 Å². The molecule has 0 aliphatic heterocycles. The van der Waals surface area contributed by atoms with E-state index in [0.717, 1.165) is 55.3 Å². The van der Waals surface area contributed by atoms with E-state index in [0.29, 0.717) is 17.5 Å². The summed E-state index contributed by atoms with van der Waals surface area (Å²) in [5.41, 5.74) is 7.99. The molecule has 7 aromatic rings. The van der Waals surface area contributed by atoms with Crippen molar-refractivity contribution in [1.82, 2.24) is 15.0 Å². The van der Waals surface area contributed by atoms with Gasteiger partial charge in [-0.1, -0.05) is 109 Å². The van der Waals surface area contributed by atoms with Crippen LogP contribution in [0.2, 0.25) is 0 Å². The number of rotatable bonds is 4. The van der Waals surface area contributed by atoms with Crippen molar-refractivity contribution >= 4 is 21.9 Å². The molecule has 0 spiro atoms. The summed E-state index contributed by atoms with van der Waals surface area (Å²) in [4.78, 5) is 14.6. The van der Waals surface area contributed by atoms with Gasteiger partial charge in [0.1, 0.15) is 11.2 Å². The summed E-state index contributed by atoms with van der Waals surface area (Å²) in [5, 5.41) is 2.24. The molecule has 0 saturated heterocycles. The molecule has 0 amide bonds. The smallest absolute Gasteiger partial charge is 0.164 e. The second-order valence-corrected chi connectivity index (χ2v) is 9.35. The van der Waals surface area contributed by atoms with Crippen LogP contribution in [-0.2, 0) is 0 Å². The Morgan fingerprint density at radius 3 is 1.74 bits per heavy atom. The first-order valence-electron chi connectivity index (χ1n) is 12.6. The monoisotopic (exact) mass is 489 g/mol. The molecule has 0 atom stereocenters. The van der Waals surface area contributed by atoms with Crippen LogP contribution in [0.1, 0.15) is 5.56 Å². The van der Waals surface area contributed by atoms with Crippen LogP contribution < -0.4 is 0 Å². The van der Waals surface area contributed by atoms with E-state index in [1.165, 1.54) is 0 Å². The van der Waals surface area contributed by atoms with E-state index in [9.17, 15) is 0 Å². The lowest BCUT2D eigenvalue weighted by molar-refractivity contribution is 0.666. The molecule has 0 bridgehead atoms. The normalized spacial score (nSPS) is 11.3. The Balaban J connectivity index is 1.42. The SMILES string of the molecule is Cc1cccc2c1oc1cccc(-c3cccc(-c4nc(-c5ccccc5)nc(-c5ccccc5)n4)c3)c12. The molecule has 0 saturated carbocycles. The number of hydrogen-bond donors (Lipinski definition) is 0. The lowest BCUT2D eigenvalue weighted by Gasteiger charge is -2.10. The first-order valence-corrected chi connectivity index (χ1v) is 12.6. The van der Waals surface area contributed by atoms with Gasteiger partial charge in [0.2, 0.25) is 0 Å². The van der Waals surface area contributed by atoms with Crippen LogP contribution in [0, 0.1) is 6.92 Å². The Morgan fingerprint density at radius 2 is 1.05 bits per heavy atom. The Labute approximate surface area is 220 Å². The minimum atomic E-state index is 0.639. The maximum atomic E-state index is 6.26. The zero-order valence-electron chi connectivity index (χ0n) is 20.8. The van der Waals surface area contributed by atoms with E-state index in [-0.39, 0.29) is 0 Å². The molecule has 2 aromatic heterocycles. The van der Waals surface area contributed by atoms with Crippen LogP contribution in [0.15, 0.2) is 126 Å². The van der Waals surface area contributed by atoms with Crippen LogP contribution in [0.5, 0.6) is 0 Å². The van der Waals surface area contributed by atoms with Crippen molar-refractivity contribution in [1.29, 1.82) is 0 Å². The number of nitrogens with zero attached hydrogens (tertiary/aromatic N) is 3. The van der Waals surface area contributed by atoms with Gasteiger partial charge < -0.3 is 4.42 Å². The number of benzene rings is 5. The minimum Gasteiger partial charge on any atom is -0.456 e. The van der Waals surface area contributed by atoms with Crippen molar-refractivity contribution in [3.8, 4) is 45.3 Å². The van der Waals surface area contributed by atoms with Crippen molar-refractivity contribution in [2.75, 3.05) is 0 Å². The fraction of sp³-hybridized carbons (Fsp3) is 0.0294. The van der Waals surface area contributed by atoms with Crippen LogP contribution in [0.25, 0.3) is 67.2 Å². The van der Waals surface area contributed by atoms with E-state index >= 15 is 0 Å². The van der Waals surface area contributed by atoms with Gasteiger partial charge in [0, 0.05) is 27.5 Å². The molecule has 0 fully saturated rings. The van der Waals surface area contributed by atoms with Gasteiger partial charge in [-0.25, -0.2) is 15.0 Å². The van der Waals surface area contributed by atoms with Crippen LogP contribution in [0.4, 0.5) is 0 Å². The van der Waals surface area contributed by atoms with Gasteiger partial charge in [0.15, 0.2) is 17.5 Å². The molecule has 180 valence electrons. The highest BCUT2D eigenvalue weighted by Gasteiger charge is 2.16. The van der Waals surface area contributed by atoms with E-state index in [2.05, 4.69) is 55.5 Å². The third-order valence-electron chi connectivity index (χ3n) is 6.85. The maximum absolute atomic E-state index is 6.26. The number of hydrogen-bond acceptors (Lipinski definition) is 4. The van der Waals surface area contributed by atoms with Gasteiger partial charge in [-0.2, -0.15) is 0 Å². The summed E-state index contributed by atoms with van der Waals surface area (Å²) in [6, 6.07) is 41.0. The molecule has 4 heteroatoms. The first kappa shape index (κ1) is 22.1. The molecular weight excluding hydrogens is 466 g/mol. The van der Waals surface area contributed by atoms with E-state index in [1.807, 2.05) is 72.8 Å². The van der Waals surface area contributed by atoms with Gasteiger partial charge in [0.25, 0.3) is 0 Å². The third kappa shape index (κ3) is 3.84. The van der Waals surface area contributed by atoms with Crippen molar-refractivity contribution in [2.45, 2.75) is 6.92 Å². The molecule has 38 heavy (non-hydrogen) atoms. The van der Waals surface area contributed by atoms with Crippen LogP contribution in [0.3, 0.4) is 0 Å². The molecular formula is C34H23N3O. The Hall–Kier alpha value is -5.09. The van der Waals surface area contributed by atoms with Crippen molar-refractivity contribution < 1.29 is 4.42 Å². The molecule has 2 heterocycles. The van der Waals surface area contributed by atoms with Gasteiger partial charge >= 0.3 is 0 Å². The minimum absolute atomic E-state index is 0.639. The second-order valence-electron chi connectivity index (χ2n) is 9.35. The predicted molar refractivity (Wildman–Crippen MR) is 154 cm³/mol. The highest BCUT2D eigenvalue weighted by molar-refractivity contribution is 6.13. The Bertz CT molecular complexity index is 1870. The van der Waals surface area contributed by atoms with Crippen molar-refractivity contribution in [3.05, 3.63) is 127 Å². The Kier molecular flexibility index (Phi) is 5.30. The number of aromatic nitrogens is 3. The van der Waals surface area contributed by atoms with E-state index in [1.54, 1.807) is 0 Å². The largest absolute Gasteiger partial charge is 0.456 e. The van der Waals surface area contributed by atoms with Crippen LogP contribution in [-0.4, -0.2) is 15.0 Å². The number of furan rings is 1. The first-order chi connectivity index (χ1) is 18.7. The van der Waals surface area contributed by atoms with Gasteiger partial charge in [-0.3, -0.25) is 0 Å². The standard InChI is InChI=1S/C34H23N3O/c1-22-11-8-19-28-30-27(18-10-20-29(30)38-31(22)28)25-16-9-17-26(21-25)34-36-32(23-12-4-2-5-13-23)35-33(37-34)24-14-6-3-7-15-24/h2-21H,1H3. The number of para-hydroxylation sites is 1. The maximum Gasteiger partial charge on any atom is 0.164 e. The lowest BCUT2D eigenvalue weighted by atomic mass is 9.97. The summed E-state index contributed by atoms with van der Waals surface area (Å²) in [6.07, 6.45) is 0. The predicted octanol–water partition coefficient (Wildman–Crippen LogP) is 8.75. The molecule has 0 N–H and O–H groups in total. The molecule has 0 unspecified atom stereocenters. The molecule has 0 radical (unpaired) electrons. The zero-order chi connectivity index (χ0) is 25.5. The third-order valence-corrected chi connectivity index (χ3v) is 6.85. The summed E-state index contributed by atoms with van der Waals surface area (Å²) < 4.78 is 6.26. The van der Waals surface area contributed by atoms with Crippen molar-refractivity contribution in [3.63, 3.8) is 0 Å². The average molecular weight is 490 g/mol. The summed E-state index contributed by atoms with van der Waals surface area (Å²) in [7, 11) is 0. The number of fused-ring (bicyclic) bond motifs is 3. The quantitative estimate of drug-likeness (QED) is 0.248. The zero-order valence-corrected chi connectivity index (χ0v) is 20.8. The average Bonchev–Trinajstić information content (AvgIpc) is 3.38. The summed E-state index contributed by atoms with van der Waals surface area (Å²) >= 11 is 0. The Morgan fingerprint density at radius 1 is 0.500 bits per heavy atom. The highest BCUT2D eigenvalue weighted by atomic mass is 16.3. The fourth-order valence-corrected chi connectivity index (χ4v) is 4.99. The molecule has 0 aliphatic rings. The van der Waals surface area contributed by atoms with E-state index in [4.69, 9.17) is 19.4 Å². The second kappa shape index (κ2) is 9.09. The molecule has 7 rings (SSSR count). The van der Waals surface area contributed by atoms with E-state index < -0.39 is 0 Å². The topological polar surface area (TPSA) is 51.8 Å². The van der Waals surface area contributed by atoms with Gasteiger partial charge in [-0.05, 0) is 35.7 Å². The summed E-state index contributed by atoms with van der Waals surface area (Å²) in [5.74, 6) is 1.94. The number of aryl methyl sites for hydroxylation is 1. The molecule has 0 aliphatic carbocycles.